The van der Waals surface area contributed by atoms with E-state index < -0.39 is 29.6 Å². The predicted molar refractivity (Wildman–Crippen MR) is 137 cm³/mol. The van der Waals surface area contributed by atoms with Crippen LogP contribution in [0.3, 0.4) is 0 Å². The Bertz CT molecular complexity index is 1410. The number of ether oxygens (including phenoxy) is 1. The number of nitrogens with zero attached hydrogens (tertiary/aromatic N) is 2. The van der Waals surface area contributed by atoms with Crippen LogP contribution < -0.4 is 10.1 Å². The molecule has 0 atom stereocenters. The molecular weight excluding hydrogens is 482 g/mol. The summed E-state index contributed by atoms with van der Waals surface area (Å²) in [7, 11) is 1.54. The van der Waals surface area contributed by atoms with E-state index in [1.165, 1.54) is 13.2 Å². The predicted octanol–water partition coefficient (Wildman–Crippen LogP) is 4.48. The van der Waals surface area contributed by atoms with Crippen LogP contribution >= 0.6 is 11.8 Å². The van der Waals surface area contributed by atoms with Crippen LogP contribution in [0.5, 0.6) is 5.75 Å². The molecule has 36 heavy (non-hydrogen) atoms. The van der Waals surface area contributed by atoms with Crippen molar-refractivity contribution >= 4 is 46.5 Å². The van der Waals surface area contributed by atoms with Gasteiger partial charge in [-0.05, 0) is 79.7 Å². The Kier molecular flexibility index (Phi) is 6.98. The number of carbonyl (C=O) groups is 4. The van der Waals surface area contributed by atoms with E-state index in [9.17, 15) is 24.3 Å². The monoisotopic (exact) mass is 505 g/mol. The number of aromatic carboxylic acids is 1. The summed E-state index contributed by atoms with van der Waals surface area (Å²) in [5.41, 5.74) is 3.31. The Morgan fingerprint density at radius 1 is 1.08 bits per heavy atom. The number of para-hydroxylation sites is 1. The number of nitrogens with one attached hydrogen (secondary N) is 1. The number of amides is 3. The number of rotatable bonds is 7. The molecule has 3 aromatic rings. The number of hydrogen-bond acceptors (Lipinski definition) is 6. The van der Waals surface area contributed by atoms with E-state index in [1.807, 2.05) is 19.9 Å². The van der Waals surface area contributed by atoms with Gasteiger partial charge in [0.25, 0.3) is 11.1 Å². The topological polar surface area (TPSA) is 118 Å². The van der Waals surface area contributed by atoms with Crippen LogP contribution in [0.4, 0.5) is 10.5 Å². The minimum atomic E-state index is -1.05. The number of anilines is 1. The van der Waals surface area contributed by atoms with Crippen molar-refractivity contribution in [2.45, 2.75) is 13.8 Å². The molecule has 2 N–H and O–H groups in total. The number of benzene rings is 2. The number of hydrogen-bond donors (Lipinski definition) is 2. The molecule has 0 saturated carbocycles. The summed E-state index contributed by atoms with van der Waals surface area (Å²) in [6.07, 6.45) is 1.59. The Morgan fingerprint density at radius 3 is 2.44 bits per heavy atom. The minimum Gasteiger partial charge on any atom is -0.497 e. The Labute approximate surface area is 211 Å². The van der Waals surface area contributed by atoms with Crippen molar-refractivity contribution in [2.24, 2.45) is 0 Å². The van der Waals surface area contributed by atoms with Crippen LogP contribution in [0, 0.1) is 13.8 Å². The van der Waals surface area contributed by atoms with Gasteiger partial charge in [-0.3, -0.25) is 19.3 Å². The lowest BCUT2D eigenvalue weighted by Crippen LogP contribution is -2.36. The first kappa shape index (κ1) is 24.8. The molecule has 9 nitrogen and oxygen atoms in total. The van der Waals surface area contributed by atoms with E-state index in [4.69, 9.17) is 4.74 Å². The maximum absolute atomic E-state index is 12.9. The van der Waals surface area contributed by atoms with Crippen LogP contribution in [0.25, 0.3) is 11.8 Å². The van der Waals surface area contributed by atoms with Crippen molar-refractivity contribution in [3.63, 3.8) is 0 Å². The molecule has 2 aromatic carbocycles. The molecule has 0 aliphatic carbocycles. The fourth-order valence-corrected chi connectivity index (χ4v) is 4.78. The first-order chi connectivity index (χ1) is 17.2. The molecule has 1 aliphatic rings. The van der Waals surface area contributed by atoms with Gasteiger partial charge in [0.15, 0.2) is 0 Å². The number of carboxylic acid groups (broad SMARTS) is 1. The van der Waals surface area contributed by atoms with Crippen LogP contribution in [0.2, 0.25) is 0 Å². The summed E-state index contributed by atoms with van der Waals surface area (Å²) in [5, 5.41) is 11.7. The smallest absolute Gasteiger partial charge is 0.337 e. The number of aryl methyl sites for hydroxylation is 1. The highest BCUT2D eigenvalue weighted by Gasteiger charge is 2.36. The van der Waals surface area contributed by atoms with Gasteiger partial charge >= 0.3 is 5.97 Å². The second-order valence-corrected chi connectivity index (χ2v) is 9.02. The molecule has 1 aromatic heterocycles. The molecule has 0 radical (unpaired) electrons. The standard InChI is InChI=1S/C26H23N3O6S/c1-15-12-17(16(2)29(15)21-7-5-4-6-20(21)25(32)33)13-22-24(31)28(26(34)36-22)14-23(30)27-18-8-10-19(35-3)11-9-18/h4-13H,14H2,1-3H3,(H,27,30)(H,32,33)/b22-13-. The average molecular weight is 506 g/mol. The molecule has 2 heterocycles. The first-order valence-electron chi connectivity index (χ1n) is 10.9. The third-order valence-electron chi connectivity index (χ3n) is 5.68. The molecule has 0 bridgehead atoms. The maximum atomic E-state index is 12.9. The maximum Gasteiger partial charge on any atom is 0.337 e. The van der Waals surface area contributed by atoms with Crippen LogP contribution in [0.1, 0.15) is 27.3 Å². The minimum absolute atomic E-state index is 0.147. The fourth-order valence-electron chi connectivity index (χ4n) is 3.95. The number of carboxylic acids is 1. The zero-order valence-corrected chi connectivity index (χ0v) is 20.6. The van der Waals surface area contributed by atoms with Gasteiger partial charge in [0, 0.05) is 17.1 Å². The lowest BCUT2D eigenvalue weighted by atomic mass is 10.1. The molecule has 1 aliphatic heterocycles. The first-order valence-corrected chi connectivity index (χ1v) is 11.7. The lowest BCUT2D eigenvalue weighted by molar-refractivity contribution is -0.127. The van der Waals surface area contributed by atoms with E-state index in [0.29, 0.717) is 28.4 Å². The number of thioether (sulfide) groups is 1. The largest absolute Gasteiger partial charge is 0.497 e. The summed E-state index contributed by atoms with van der Waals surface area (Å²) in [5.74, 6) is -1.48. The second-order valence-electron chi connectivity index (χ2n) is 8.03. The molecule has 10 heteroatoms. The summed E-state index contributed by atoms with van der Waals surface area (Å²) >= 11 is 0.756. The van der Waals surface area contributed by atoms with Gasteiger partial charge in [0.05, 0.1) is 23.3 Å². The molecule has 3 amide bonds. The van der Waals surface area contributed by atoms with Crippen molar-refractivity contribution in [2.75, 3.05) is 19.0 Å². The van der Waals surface area contributed by atoms with Crippen LogP contribution in [0.15, 0.2) is 59.5 Å². The second kappa shape index (κ2) is 10.1. The number of imide groups is 1. The highest BCUT2D eigenvalue weighted by molar-refractivity contribution is 8.18. The average Bonchev–Trinajstić information content (AvgIpc) is 3.28. The Balaban J connectivity index is 1.54. The lowest BCUT2D eigenvalue weighted by Gasteiger charge is -2.13. The molecule has 4 rings (SSSR count). The molecule has 1 saturated heterocycles. The van der Waals surface area contributed by atoms with Crippen LogP contribution in [-0.4, -0.2) is 51.3 Å². The summed E-state index contributed by atoms with van der Waals surface area (Å²) in [6.45, 7) is 3.22. The summed E-state index contributed by atoms with van der Waals surface area (Å²) in [6, 6.07) is 15.1. The third kappa shape index (κ3) is 4.89. The van der Waals surface area contributed by atoms with Gasteiger partial charge in [-0.25, -0.2) is 4.79 Å². The number of carbonyl (C=O) groups excluding carboxylic acids is 3. The van der Waals surface area contributed by atoms with E-state index in [1.54, 1.807) is 53.1 Å². The molecule has 184 valence electrons. The number of methoxy groups -OCH3 is 1. The van der Waals surface area contributed by atoms with Gasteiger partial charge < -0.3 is 19.7 Å². The van der Waals surface area contributed by atoms with E-state index in [-0.39, 0.29) is 10.5 Å². The normalized spacial score (nSPS) is 14.4. The highest BCUT2D eigenvalue weighted by Crippen LogP contribution is 2.34. The quantitative estimate of drug-likeness (QED) is 0.455. The highest BCUT2D eigenvalue weighted by atomic mass is 32.2. The molecule has 0 unspecified atom stereocenters. The van der Waals surface area contributed by atoms with Gasteiger partial charge in [-0.1, -0.05) is 12.1 Å². The Hall–Kier alpha value is -4.31. The van der Waals surface area contributed by atoms with Crippen molar-refractivity contribution in [1.82, 2.24) is 9.47 Å². The van der Waals surface area contributed by atoms with E-state index >= 15 is 0 Å². The van der Waals surface area contributed by atoms with Crippen molar-refractivity contribution < 1.29 is 29.0 Å². The van der Waals surface area contributed by atoms with E-state index in [2.05, 4.69) is 5.32 Å². The number of aromatic nitrogens is 1. The zero-order chi connectivity index (χ0) is 26.0. The van der Waals surface area contributed by atoms with Crippen molar-refractivity contribution in [1.29, 1.82) is 0 Å². The van der Waals surface area contributed by atoms with Crippen molar-refractivity contribution in [3.8, 4) is 11.4 Å². The van der Waals surface area contributed by atoms with Gasteiger partial charge in [-0.15, -0.1) is 0 Å². The zero-order valence-electron chi connectivity index (χ0n) is 19.8. The summed E-state index contributed by atoms with van der Waals surface area (Å²) in [4.78, 5) is 50.7. The summed E-state index contributed by atoms with van der Waals surface area (Å²) < 4.78 is 6.88. The van der Waals surface area contributed by atoms with E-state index in [0.717, 1.165) is 22.4 Å². The molecule has 1 fully saturated rings. The molecular formula is C26H23N3O6S. The van der Waals surface area contributed by atoms with Crippen LogP contribution in [-0.2, 0) is 9.59 Å². The Morgan fingerprint density at radius 2 is 1.78 bits per heavy atom. The fraction of sp³-hybridized carbons (Fsp3) is 0.154. The van der Waals surface area contributed by atoms with Gasteiger partial charge in [0.2, 0.25) is 5.91 Å². The van der Waals surface area contributed by atoms with Gasteiger partial charge in [0.1, 0.15) is 12.3 Å². The molecule has 0 spiro atoms. The van der Waals surface area contributed by atoms with Crippen molar-refractivity contribution in [3.05, 3.63) is 82.0 Å². The third-order valence-corrected chi connectivity index (χ3v) is 6.59. The SMILES string of the molecule is COc1ccc(NC(=O)CN2C(=O)S/C(=C\c3cc(C)n(-c4ccccc4C(=O)O)c3C)C2=O)cc1. The van der Waals surface area contributed by atoms with Gasteiger partial charge in [-0.2, -0.15) is 0 Å².